The van der Waals surface area contributed by atoms with Gasteiger partial charge in [-0.15, -0.1) is 0 Å². The maximum atomic E-state index is 15.0. The van der Waals surface area contributed by atoms with Crippen LogP contribution >= 0.6 is 0 Å². The molecule has 4 N–H and O–H groups in total. The minimum Gasteiger partial charge on any atom is -0.497 e. The Morgan fingerprint density at radius 3 is 2.60 bits per heavy atom. The fourth-order valence-electron chi connectivity index (χ4n) is 9.41. The second-order valence-electron chi connectivity index (χ2n) is 18.2. The summed E-state index contributed by atoms with van der Waals surface area (Å²) in [6, 6.07) is 4.31. The molecule has 2 amide bonds. The fourth-order valence-corrected chi connectivity index (χ4v) is 10.8. The number of pyridine rings is 1. The number of methoxy groups -OCH3 is 1. The van der Waals surface area contributed by atoms with Gasteiger partial charge in [0.05, 0.1) is 67.7 Å². The van der Waals surface area contributed by atoms with Gasteiger partial charge < -0.3 is 34.3 Å². The number of sulfonamides is 1. The third kappa shape index (κ3) is 7.87. The average molecular weight is 824 g/mol. The number of hydrogen-bond acceptors (Lipinski definition) is 11. The highest BCUT2D eigenvalue weighted by Crippen LogP contribution is 2.49. The number of aryl methyl sites for hydroxylation is 1. The molecule has 0 radical (unpaired) electrons. The Bertz CT molecular complexity index is 2020. The van der Waals surface area contributed by atoms with Crippen LogP contribution in [-0.2, 0) is 35.5 Å². The summed E-state index contributed by atoms with van der Waals surface area (Å²) in [5.74, 6) is 0.853. The number of benzene rings is 1. The number of nitrogens with one attached hydrogen (secondary N) is 3. The zero-order chi connectivity index (χ0) is 40.9. The van der Waals surface area contributed by atoms with Crippen LogP contribution in [0.25, 0.3) is 10.9 Å². The van der Waals surface area contributed by atoms with Crippen LogP contribution in [0.3, 0.4) is 0 Å². The number of rotatable bonds is 11. The van der Waals surface area contributed by atoms with Crippen LogP contribution in [0.5, 0.6) is 11.5 Å². The largest absolute Gasteiger partial charge is 0.497 e. The summed E-state index contributed by atoms with van der Waals surface area (Å²) in [7, 11) is -2.24. The molecule has 1 aromatic heterocycles. The van der Waals surface area contributed by atoms with Gasteiger partial charge in [0.1, 0.15) is 29.4 Å². The molecule has 15 heteroatoms. The number of nitrogens with zero attached hydrogens (tertiary/aromatic N) is 2. The Labute approximate surface area is 342 Å². The van der Waals surface area contributed by atoms with Crippen molar-refractivity contribution in [2.24, 2.45) is 11.8 Å². The van der Waals surface area contributed by atoms with Gasteiger partial charge in [-0.3, -0.25) is 14.9 Å². The molecule has 6 unspecified atom stereocenters. The van der Waals surface area contributed by atoms with Crippen molar-refractivity contribution in [2.75, 3.05) is 40.2 Å². The van der Waals surface area contributed by atoms with E-state index in [1.54, 1.807) is 18.9 Å². The molecule has 4 fully saturated rings. The summed E-state index contributed by atoms with van der Waals surface area (Å²) in [4.78, 5) is 36.6. The molecule has 2 aliphatic carbocycles. The highest BCUT2D eigenvalue weighted by molar-refractivity contribution is 7.91. The summed E-state index contributed by atoms with van der Waals surface area (Å²) >= 11 is 0. The fraction of sp³-hybridized carbons (Fsp3) is 0.698. The molecule has 2 saturated carbocycles. The van der Waals surface area contributed by atoms with E-state index in [-0.39, 0.29) is 37.4 Å². The second-order valence-corrected chi connectivity index (χ2v) is 20.4. The number of ether oxygens (including phenoxy) is 4. The first-order valence-corrected chi connectivity index (χ1v) is 22.8. The highest BCUT2D eigenvalue weighted by Gasteiger charge is 2.59. The monoisotopic (exact) mass is 823 g/mol. The van der Waals surface area contributed by atoms with Crippen LogP contribution in [-0.4, -0.2) is 110 Å². The van der Waals surface area contributed by atoms with Crippen LogP contribution in [0.2, 0.25) is 0 Å². The van der Waals surface area contributed by atoms with E-state index in [0.717, 1.165) is 53.6 Å². The number of amides is 2. The van der Waals surface area contributed by atoms with Gasteiger partial charge in [0, 0.05) is 29.2 Å². The summed E-state index contributed by atoms with van der Waals surface area (Å²) in [6.45, 7) is 8.08. The first-order valence-electron chi connectivity index (χ1n) is 21.3. The van der Waals surface area contributed by atoms with Crippen molar-refractivity contribution in [3.8, 4) is 11.5 Å². The molecule has 2 saturated heterocycles. The standard InChI is InChI=1S/C43H61N5O9S/c1-27(2)36-37-31(32-20-30(54-4)12-13-33(32)45-36)15-16-42(57-37)21-35-38(49)46-43(40(51)47-58(52,53)41(3)18-19-41)17-14-29(43)10-8-6-5-7-9-11-34(39(50)48(35)25-42)44-26-56-24-28-22-55-23-28/h8,10,12-13,20,27-29,34-35,40,44,47,51H,5-7,9,11,14-19,21-26H2,1-4H3,(H,46,49). The Hall–Kier alpha value is -3.34. The molecule has 58 heavy (non-hydrogen) atoms. The average Bonchev–Trinajstić information content (AvgIpc) is 3.84. The van der Waals surface area contributed by atoms with Crippen LogP contribution in [0, 0.1) is 11.8 Å². The summed E-state index contributed by atoms with van der Waals surface area (Å²) in [5.41, 5.74) is 0.529. The molecule has 6 aliphatic rings. The van der Waals surface area contributed by atoms with Crippen molar-refractivity contribution in [1.29, 1.82) is 0 Å². The summed E-state index contributed by atoms with van der Waals surface area (Å²) in [5, 5.41) is 19.3. The number of aliphatic hydroxyl groups excluding tert-OH is 1. The van der Waals surface area contributed by atoms with Gasteiger partial charge in [-0.2, -0.15) is 4.72 Å². The molecule has 1 aromatic carbocycles. The van der Waals surface area contributed by atoms with Gasteiger partial charge in [-0.25, -0.2) is 13.4 Å². The smallest absolute Gasteiger partial charge is 0.243 e. The van der Waals surface area contributed by atoms with Crippen molar-refractivity contribution in [2.45, 2.75) is 138 Å². The summed E-state index contributed by atoms with van der Waals surface area (Å²) < 4.78 is 52.5. The van der Waals surface area contributed by atoms with Crippen molar-refractivity contribution in [1.82, 2.24) is 25.2 Å². The van der Waals surface area contributed by atoms with Crippen LogP contribution < -0.4 is 24.8 Å². The molecule has 14 nitrogen and oxygen atoms in total. The van der Waals surface area contributed by atoms with E-state index in [2.05, 4.69) is 35.3 Å². The maximum absolute atomic E-state index is 15.0. The Morgan fingerprint density at radius 1 is 1.10 bits per heavy atom. The minimum atomic E-state index is -3.88. The second kappa shape index (κ2) is 16.3. The summed E-state index contributed by atoms with van der Waals surface area (Å²) in [6.07, 6.45) is 10.0. The number of fused-ring (bicyclic) bond motifs is 5. The number of carbonyl (C=O) groups excluding carboxylic acids is 2. The zero-order valence-electron chi connectivity index (χ0n) is 34.4. The lowest BCUT2D eigenvalue weighted by Crippen LogP contribution is -2.72. The lowest BCUT2D eigenvalue weighted by atomic mass is 9.65. The first kappa shape index (κ1) is 41.4. The Kier molecular flexibility index (Phi) is 11.6. The predicted octanol–water partition coefficient (Wildman–Crippen LogP) is 4.19. The van der Waals surface area contributed by atoms with Gasteiger partial charge in [0.25, 0.3) is 0 Å². The van der Waals surface area contributed by atoms with Crippen molar-refractivity contribution in [3.63, 3.8) is 0 Å². The molecule has 8 rings (SSSR count). The SMILES string of the molecule is COc1ccc2nc(C(C)C)c3c(c2c1)CCC1(CC2C(=O)NC4(C(O)NS(=O)(=O)C5(C)CC5)CCC4C=CCCCCCC(NCOCC4COC4)C(=O)N2C1)O3. The number of carbonyl (C=O) groups is 2. The normalized spacial score (nSPS) is 30.6. The van der Waals surface area contributed by atoms with E-state index in [0.29, 0.717) is 76.4 Å². The number of hydrogen-bond donors (Lipinski definition) is 4. The van der Waals surface area contributed by atoms with Gasteiger partial charge >= 0.3 is 0 Å². The van der Waals surface area contributed by atoms with Gasteiger partial charge in [-0.1, -0.05) is 38.8 Å². The third-order valence-corrected chi connectivity index (χ3v) is 16.0. The molecule has 5 heterocycles. The van der Waals surface area contributed by atoms with E-state index in [9.17, 15) is 23.1 Å². The van der Waals surface area contributed by atoms with Crippen molar-refractivity contribution >= 4 is 32.7 Å². The van der Waals surface area contributed by atoms with E-state index in [4.69, 9.17) is 23.9 Å². The number of allylic oxidation sites excluding steroid dienone is 1. The number of aliphatic hydroxyl groups is 1. The van der Waals surface area contributed by atoms with Crippen molar-refractivity contribution < 1.29 is 42.1 Å². The van der Waals surface area contributed by atoms with Gasteiger partial charge in [0.15, 0.2) is 0 Å². The van der Waals surface area contributed by atoms with Gasteiger partial charge in [-0.05, 0) is 88.8 Å². The quantitative estimate of drug-likeness (QED) is 0.145. The molecular formula is C43H61N5O9S. The molecule has 2 aromatic rings. The van der Waals surface area contributed by atoms with E-state index >= 15 is 0 Å². The highest BCUT2D eigenvalue weighted by atomic mass is 32.2. The van der Waals surface area contributed by atoms with E-state index in [1.807, 2.05) is 24.3 Å². The van der Waals surface area contributed by atoms with Crippen molar-refractivity contribution in [3.05, 3.63) is 41.6 Å². The zero-order valence-corrected chi connectivity index (χ0v) is 35.2. The Balaban J connectivity index is 1.13. The maximum Gasteiger partial charge on any atom is 0.243 e. The topological polar surface area (TPSA) is 178 Å². The number of aromatic nitrogens is 1. The predicted molar refractivity (Wildman–Crippen MR) is 218 cm³/mol. The minimum absolute atomic E-state index is 0.0406. The molecular weight excluding hydrogens is 763 g/mol. The lowest BCUT2D eigenvalue weighted by Gasteiger charge is -2.52. The van der Waals surface area contributed by atoms with Crippen LogP contribution in [0.1, 0.15) is 109 Å². The Morgan fingerprint density at radius 2 is 1.91 bits per heavy atom. The van der Waals surface area contributed by atoms with Crippen LogP contribution in [0.4, 0.5) is 0 Å². The van der Waals surface area contributed by atoms with E-state index < -0.39 is 50.1 Å². The molecule has 4 aliphatic heterocycles. The lowest BCUT2D eigenvalue weighted by molar-refractivity contribution is -0.144. The van der Waals surface area contributed by atoms with Gasteiger partial charge in [0.2, 0.25) is 21.8 Å². The van der Waals surface area contributed by atoms with Crippen LogP contribution in [0.15, 0.2) is 30.4 Å². The third-order valence-electron chi connectivity index (χ3n) is 13.7. The van der Waals surface area contributed by atoms with E-state index in [1.165, 1.54) is 0 Å². The molecule has 0 bridgehead atoms. The molecule has 318 valence electrons. The molecule has 6 atom stereocenters. The molecule has 1 spiro atoms. The first-order chi connectivity index (χ1) is 27.8.